The predicted octanol–water partition coefficient (Wildman–Crippen LogP) is 2.88. The second kappa shape index (κ2) is 7.26. The lowest BCUT2D eigenvalue weighted by atomic mass is 9.84. The van der Waals surface area contributed by atoms with Crippen molar-refractivity contribution in [2.24, 2.45) is 0 Å². The van der Waals surface area contributed by atoms with Crippen LogP contribution in [-0.2, 0) is 20.9 Å². The van der Waals surface area contributed by atoms with Crippen molar-refractivity contribution in [1.29, 1.82) is 0 Å². The molecule has 0 radical (unpaired) electrons. The van der Waals surface area contributed by atoms with Gasteiger partial charge in [0.05, 0.1) is 0 Å². The number of Topliss-reactive ketones (excluding diaryl/α,β-unsaturated/α-hetero) is 1. The van der Waals surface area contributed by atoms with E-state index in [1.165, 1.54) is 18.6 Å². The van der Waals surface area contributed by atoms with E-state index in [0.29, 0.717) is 13.1 Å². The van der Waals surface area contributed by atoms with Gasteiger partial charge in [-0.2, -0.15) is 0 Å². The summed E-state index contributed by atoms with van der Waals surface area (Å²) in [5.41, 5.74) is 3.47. The number of hydrogen-bond donors (Lipinski definition) is 0. The van der Waals surface area contributed by atoms with E-state index in [-0.39, 0.29) is 11.8 Å². The SMILES string of the molecule is CC(=O)C(=O)/C=C/C(=O)N1Cc2ccccc2[C@H](c2ccccc2)C1. The summed E-state index contributed by atoms with van der Waals surface area (Å²) in [6.45, 7) is 2.23. The first kappa shape index (κ1) is 16.8. The van der Waals surface area contributed by atoms with Gasteiger partial charge in [0.15, 0.2) is 5.78 Å². The summed E-state index contributed by atoms with van der Waals surface area (Å²) in [6.07, 6.45) is 2.25. The number of fused-ring (bicyclic) bond motifs is 1. The molecule has 0 bridgehead atoms. The zero-order chi connectivity index (χ0) is 17.8. The summed E-state index contributed by atoms with van der Waals surface area (Å²) in [7, 11) is 0. The van der Waals surface area contributed by atoms with E-state index in [9.17, 15) is 14.4 Å². The Labute approximate surface area is 146 Å². The van der Waals surface area contributed by atoms with E-state index in [4.69, 9.17) is 0 Å². The van der Waals surface area contributed by atoms with Crippen LogP contribution in [-0.4, -0.2) is 28.9 Å². The molecule has 0 unspecified atom stereocenters. The van der Waals surface area contributed by atoms with Gasteiger partial charge in [-0.15, -0.1) is 0 Å². The molecule has 25 heavy (non-hydrogen) atoms. The zero-order valence-corrected chi connectivity index (χ0v) is 14.0. The Morgan fingerprint density at radius 3 is 2.36 bits per heavy atom. The van der Waals surface area contributed by atoms with Gasteiger partial charge in [0.2, 0.25) is 11.7 Å². The van der Waals surface area contributed by atoms with E-state index < -0.39 is 11.6 Å². The Balaban J connectivity index is 1.88. The third kappa shape index (κ3) is 3.74. The minimum Gasteiger partial charge on any atom is -0.334 e. The highest BCUT2D eigenvalue weighted by atomic mass is 16.2. The lowest BCUT2D eigenvalue weighted by molar-refractivity contribution is -0.132. The molecule has 0 saturated carbocycles. The number of benzene rings is 2. The minimum absolute atomic E-state index is 0.0898. The molecular formula is C21H19NO3. The second-order valence-electron chi connectivity index (χ2n) is 6.13. The quantitative estimate of drug-likeness (QED) is 0.638. The van der Waals surface area contributed by atoms with Gasteiger partial charge in [-0.05, 0) is 22.8 Å². The molecule has 1 aliphatic heterocycles. The number of hydrogen-bond acceptors (Lipinski definition) is 3. The van der Waals surface area contributed by atoms with Crippen molar-refractivity contribution in [1.82, 2.24) is 4.90 Å². The van der Waals surface area contributed by atoms with Crippen molar-refractivity contribution in [2.45, 2.75) is 19.4 Å². The van der Waals surface area contributed by atoms with Crippen LogP contribution in [0.4, 0.5) is 0 Å². The van der Waals surface area contributed by atoms with Crippen LogP contribution >= 0.6 is 0 Å². The molecule has 1 atom stereocenters. The van der Waals surface area contributed by atoms with Crippen LogP contribution in [0, 0.1) is 0 Å². The van der Waals surface area contributed by atoms with Crippen molar-refractivity contribution in [2.75, 3.05) is 6.54 Å². The molecule has 126 valence electrons. The van der Waals surface area contributed by atoms with Crippen LogP contribution in [0.25, 0.3) is 0 Å². The second-order valence-corrected chi connectivity index (χ2v) is 6.13. The normalized spacial score (nSPS) is 16.5. The van der Waals surface area contributed by atoms with Crippen molar-refractivity contribution in [3.05, 3.63) is 83.4 Å². The largest absolute Gasteiger partial charge is 0.334 e. The van der Waals surface area contributed by atoms with Gasteiger partial charge in [0, 0.05) is 32.0 Å². The molecule has 0 N–H and O–H groups in total. The molecule has 0 aromatic heterocycles. The molecule has 0 aliphatic carbocycles. The molecule has 2 aromatic rings. The van der Waals surface area contributed by atoms with E-state index in [1.807, 2.05) is 36.4 Å². The first-order chi connectivity index (χ1) is 12.1. The molecule has 4 heteroatoms. The monoisotopic (exact) mass is 333 g/mol. The summed E-state index contributed by atoms with van der Waals surface area (Å²) in [5, 5.41) is 0. The third-order valence-corrected chi connectivity index (χ3v) is 4.43. The fraction of sp³-hybridized carbons (Fsp3) is 0.190. The first-order valence-electron chi connectivity index (χ1n) is 8.21. The first-order valence-corrected chi connectivity index (χ1v) is 8.21. The molecule has 3 rings (SSSR count). The molecule has 1 aliphatic rings. The summed E-state index contributed by atoms with van der Waals surface area (Å²) in [4.78, 5) is 36.6. The molecule has 1 amide bonds. The number of nitrogens with zero attached hydrogens (tertiary/aromatic N) is 1. The fourth-order valence-corrected chi connectivity index (χ4v) is 3.11. The highest BCUT2D eigenvalue weighted by molar-refractivity contribution is 6.41. The number of rotatable bonds is 4. The molecule has 1 heterocycles. The predicted molar refractivity (Wildman–Crippen MR) is 95.0 cm³/mol. The molecule has 0 spiro atoms. The molecule has 0 fully saturated rings. The topological polar surface area (TPSA) is 54.5 Å². The highest BCUT2D eigenvalue weighted by Crippen LogP contribution is 2.33. The maximum atomic E-state index is 12.5. The van der Waals surface area contributed by atoms with Gasteiger partial charge < -0.3 is 4.90 Å². The van der Waals surface area contributed by atoms with Crippen LogP contribution in [0.15, 0.2) is 66.7 Å². The van der Waals surface area contributed by atoms with E-state index in [2.05, 4.69) is 18.2 Å². The van der Waals surface area contributed by atoms with Gasteiger partial charge in [0.1, 0.15) is 0 Å². The average Bonchev–Trinajstić information content (AvgIpc) is 2.65. The highest BCUT2D eigenvalue weighted by Gasteiger charge is 2.28. The standard InChI is InChI=1S/C21H19NO3/c1-15(23)20(24)11-12-21(25)22-13-17-9-5-6-10-18(17)19(14-22)16-7-3-2-4-8-16/h2-12,19H,13-14H2,1H3/b12-11+/t19-/m0/s1. The van der Waals surface area contributed by atoms with E-state index in [1.54, 1.807) is 4.90 Å². The number of amides is 1. The number of allylic oxidation sites excluding steroid dienone is 1. The maximum absolute atomic E-state index is 12.5. The zero-order valence-electron chi connectivity index (χ0n) is 14.0. The molecule has 4 nitrogen and oxygen atoms in total. The molecular weight excluding hydrogens is 314 g/mol. The Kier molecular flexibility index (Phi) is 4.89. The Morgan fingerprint density at radius 1 is 0.960 bits per heavy atom. The summed E-state index contributed by atoms with van der Waals surface area (Å²) < 4.78 is 0. The van der Waals surface area contributed by atoms with Crippen LogP contribution < -0.4 is 0 Å². The van der Waals surface area contributed by atoms with Gasteiger partial charge in [0.25, 0.3) is 0 Å². The Hall–Kier alpha value is -3.01. The number of ketones is 2. The van der Waals surface area contributed by atoms with E-state index in [0.717, 1.165) is 17.2 Å². The number of carbonyl (C=O) groups is 3. The van der Waals surface area contributed by atoms with Crippen LogP contribution in [0.5, 0.6) is 0 Å². The van der Waals surface area contributed by atoms with Gasteiger partial charge in [-0.3, -0.25) is 14.4 Å². The van der Waals surface area contributed by atoms with Gasteiger partial charge >= 0.3 is 0 Å². The lowest BCUT2D eigenvalue weighted by Crippen LogP contribution is -2.37. The lowest BCUT2D eigenvalue weighted by Gasteiger charge is -2.34. The van der Waals surface area contributed by atoms with Crippen LogP contribution in [0.1, 0.15) is 29.5 Å². The number of carbonyl (C=O) groups excluding carboxylic acids is 3. The van der Waals surface area contributed by atoms with Crippen molar-refractivity contribution >= 4 is 17.5 Å². The Morgan fingerprint density at radius 2 is 1.64 bits per heavy atom. The smallest absolute Gasteiger partial charge is 0.247 e. The maximum Gasteiger partial charge on any atom is 0.247 e. The van der Waals surface area contributed by atoms with Crippen molar-refractivity contribution < 1.29 is 14.4 Å². The Bertz CT molecular complexity index is 839. The van der Waals surface area contributed by atoms with Crippen LogP contribution in [0.2, 0.25) is 0 Å². The van der Waals surface area contributed by atoms with Gasteiger partial charge in [-0.25, -0.2) is 0 Å². The fourth-order valence-electron chi connectivity index (χ4n) is 3.11. The summed E-state index contributed by atoms with van der Waals surface area (Å²) >= 11 is 0. The van der Waals surface area contributed by atoms with Crippen molar-refractivity contribution in [3.8, 4) is 0 Å². The molecule has 2 aromatic carbocycles. The average molecular weight is 333 g/mol. The minimum atomic E-state index is -0.662. The van der Waals surface area contributed by atoms with E-state index >= 15 is 0 Å². The van der Waals surface area contributed by atoms with Gasteiger partial charge in [-0.1, -0.05) is 54.6 Å². The van der Waals surface area contributed by atoms with Crippen molar-refractivity contribution in [3.63, 3.8) is 0 Å². The summed E-state index contributed by atoms with van der Waals surface area (Å²) in [5.74, 6) is -1.40. The summed E-state index contributed by atoms with van der Waals surface area (Å²) in [6, 6.07) is 18.2. The molecule has 0 saturated heterocycles. The third-order valence-electron chi connectivity index (χ3n) is 4.43. The van der Waals surface area contributed by atoms with Crippen LogP contribution in [0.3, 0.4) is 0 Å².